The Balaban J connectivity index is 1.88. The van der Waals surface area contributed by atoms with Gasteiger partial charge in [0.05, 0.1) is 5.69 Å². The van der Waals surface area contributed by atoms with E-state index in [9.17, 15) is 9.90 Å². The summed E-state index contributed by atoms with van der Waals surface area (Å²) in [6, 6.07) is 7.25. The summed E-state index contributed by atoms with van der Waals surface area (Å²) in [4.78, 5) is 14.9. The lowest BCUT2D eigenvalue weighted by Crippen LogP contribution is -2.36. The van der Waals surface area contributed by atoms with Gasteiger partial charge in [-0.1, -0.05) is 6.07 Å². The number of hydrogen-bond donors (Lipinski definition) is 1. The second kappa shape index (κ2) is 6.69. The van der Waals surface area contributed by atoms with Crippen molar-refractivity contribution in [3.05, 3.63) is 41.1 Å². The van der Waals surface area contributed by atoms with E-state index in [1.165, 1.54) is 0 Å². The van der Waals surface area contributed by atoms with Crippen LogP contribution in [0.4, 0.5) is 0 Å². The first-order valence-electron chi connectivity index (χ1n) is 8.33. The number of ketones is 1. The zero-order valence-corrected chi connectivity index (χ0v) is 14.4. The quantitative estimate of drug-likeness (QED) is 0.879. The van der Waals surface area contributed by atoms with E-state index in [1.54, 1.807) is 12.1 Å². The molecule has 0 bridgehead atoms. The van der Waals surface area contributed by atoms with Gasteiger partial charge in [0.1, 0.15) is 11.4 Å². The van der Waals surface area contributed by atoms with E-state index in [4.69, 9.17) is 0 Å². The van der Waals surface area contributed by atoms with E-state index >= 15 is 0 Å². The zero-order valence-electron chi connectivity index (χ0n) is 14.4. The van der Waals surface area contributed by atoms with Crippen LogP contribution < -0.4 is 0 Å². The number of rotatable bonds is 3. The lowest BCUT2D eigenvalue weighted by Gasteiger charge is -2.28. The summed E-state index contributed by atoms with van der Waals surface area (Å²) in [5.41, 5.74) is 3.50. The number of benzene rings is 1. The number of phenols is 1. The zero-order chi connectivity index (χ0) is 17.3. The molecule has 2 aromatic rings. The summed E-state index contributed by atoms with van der Waals surface area (Å²) in [6.45, 7) is 5.64. The Bertz CT molecular complexity index is 773. The van der Waals surface area contributed by atoms with Crippen molar-refractivity contribution in [1.82, 2.24) is 15.1 Å². The summed E-state index contributed by atoms with van der Waals surface area (Å²) < 4.78 is 0. The summed E-state index contributed by atoms with van der Waals surface area (Å²) >= 11 is 0. The van der Waals surface area contributed by atoms with E-state index < -0.39 is 0 Å². The Labute approximate surface area is 142 Å². The minimum atomic E-state index is -0.00363. The van der Waals surface area contributed by atoms with Gasteiger partial charge in [-0.05, 0) is 69.6 Å². The van der Waals surface area contributed by atoms with Gasteiger partial charge in [0.15, 0.2) is 5.78 Å². The molecule has 0 spiro atoms. The maximum atomic E-state index is 12.7. The molecular formula is C19H23N3O2. The molecule has 0 amide bonds. The lowest BCUT2D eigenvalue weighted by molar-refractivity contribution is 0.0837. The SMILES string of the molecule is Cc1ccc(-c2nnc(C(=O)C3CCCN(C)C3)cc2C)c(O)c1. The normalized spacial score (nSPS) is 18.5. The maximum Gasteiger partial charge on any atom is 0.187 e. The number of aromatic hydroxyl groups is 1. The molecule has 0 aliphatic carbocycles. The summed E-state index contributed by atoms with van der Waals surface area (Å²) in [5.74, 6) is 0.244. The fraction of sp³-hybridized carbons (Fsp3) is 0.421. The van der Waals surface area contributed by atoms with Gasteiger partial charge < -0.3 is 10.0 Å². The van der Waals surface area contributed by atoms with Crippen LogP contribution in [-0.2, 0) is 0 Å². The first-order valence-corrected chi connectivity index (χ1v) is 8.33. The Morgan fingerprint density at radius 2 is 2.04 bits per heavy atom. The van der Waals surface area contributed by atoms with E-state index in [0.717, 1.165) is 37.1 Å². The van der Waals surface area contributed by atoms with Gasteiger partial charge in [0, 0.05) is 18.0 Å². The lowest BCUT2D eigenvalue weighted by atomic mass is 9.92. The first kappa shape index (κ1) is 16.6. The molecule has 1 saturated heterocycles. The molecule has 126 valence electrons. The number of nitrogens with zero attached hydrogens (tertiary/aromatic N) is 3. The van der Waals surface area contributed by atoms with Gasteiger partial charge in [-0.3, -0.25) is 4.79 Å². The van der Waals surface area contributed by atoms with Crippen molar-refractivity contribution in [2.75, 3.05) is 20.1 Å². The standard InChI is InChI=1S/C19H23N3O2/c1-12-6-7-15(17(23)9-12)18-13(2)10-16(20-21-18)19(24)14-5-4-8-22(3)11-14/h6-7,9-10,14,23H,4-5,8,11H2,1-3H3. The van der Waals surface area contributed by atoms with Gasteiger partial charge in [-0.2, -0.15) is 0 Å². The monoisotopic (exact) mass is 325 g/mol. The molecule has 2 heterocycles. The highest BCUT2D eigenvalue weighted by Gasteiger charge is 2.26. The number of carbonyl (C=O) groups excluding carboxylic acids is 1. The molecular weight excluding hydrogens is 302 g/mol. The molecule has 1 N–H and O–H groups in total. The smallest absolute Gasteiger partial charge is 0.187 e. The van der Waals surface area contributed by atoms with Gasteiger partial charge in [0.25, 0.3) is 0 Å². The van der Waals surface area contributed by atoms with Crippen molar-refractivity contribution in [1.29, 1.82) is 0 Å². The topological polar surface area (TPSA) is 66.3 Å². The second-order valence-corrected chi connectivity index (χ2v) is 6.75. The Morgan fingerprint density at radius 3 is 2.71 bits per heavy atom. The molecule has 1 aromatic heterocycles. The van der Waals surface area contributed by atoms with E-state index in [-0.39, 0.29) is 17.5 Å². The minimum Gasteiger partial charge on any atom is -0.507 e. The van der Waals surface area contributed by atoms with Gasteiger partial charge >= 0.3 is 0 Å². The molecule has 1 unspecified atom stereocenters. The molecule has 5 nitrogen and oxygen atoms in total. The van der Waals surface area contributed by atoms with E-state index in [1.807, 2.05) is 33.0 Å². The van der Waals surface area contributed by atoms with Gasteiger partial charge in [0.2, 0.25) is 0 Å². The van der Waals surface area contributed by atoms with Crippen molar-refractivity contribution in [3.63, 3.8) is 0 Å². The Morgan fingerprint density at radius 1 is 1.25 bits per heavy atom. The third-order valence-electron chi connectivity index (χ3n) is 4.64. The molecule has 1 atom stereocenters. The number of aryl methyl sites for hydroxylation is 2. The number of likely N-dealkylation sites (tertiary alicyclic amines) is 1. The Hall–Kier alpha value is -2.27. The summed E-state index contributed by atoms with van der Waals surface area (Å²) in [5, 5.41) is 18.5. The molecule has 3 rings (SSSR count). The van der Waals surface area contributed by atoms with Crippen LogP contribution >= 0.6 is 0 Å². The highest BCUT2D eigenvalue weighted by atomic mass is 16.3. The maximum absolute atomic E-state index is 12.7. The van der Waals surface area contributed by atoms with Crippen molar-refractivity contribution in [3.8, 4) is 17.0 Å². The van der Waals surface area contributed by atoms with Crippen LogP contribution in [0.2, 0.25) is 0 Å². The fourth-order valence-corrected chi connectivity index (χ4v) is 3.30. The van der Waals surface area contributed by atoms with Crippen LogP contribution in [0.15, 0.2) is 24.3 Å². The number of carbonyl (C=O) groups is 1. The molecule has 1 aliphatic rings. The largest absolute Gasteiger partial charge is 0.507 e. The predicted octanol–water partition coefficient (Wildman–Crippen LogP) is 2.99. The number of phenolic OH excluding ortho intramolecular Hbond substituents is 1. The highest BCUT2D eigenvalue weighted by Crippen LogP contribution is 2.30. The number of hydrogen-bond acceptors (Lipinski definition) is 5. The van der Waals surface area contributed by atoms with Crippen LogP contribution in [0.5, 0.6) is 5.75 Å². The van der Waals surface area contributed by atoms with Gasteiger partial charge in [-0.15, -0.1) is 10.2 Å². The molecule has 1 aliphatic heterocycles. The summed E-state index contributed by atoms with van der Waals surface area (Å²) in [6.07, 6.45) is 1.94. The number of Topliss-reactive ketones (excluding diaryl/α,β-unsaturated/α-hetero) is 1. The average molecular weight is 325 g/mol. The van der Waals surface area contributed by atoms with E-state index in [0.29, 0.717) is 17.0 Å². The van der Waals surface area contributed by atoms with Crippen molar-refractivity contribution >= 4 is 5.78 Å². The molecule has 0 saturated carbocycles. The van der Waals surface area contributed by atoms with Crippen molar-refractivity contribution in [2.24, 2.45) is 5.92 Å². The Kier molecular flexibility index (Phi) is 4.62. The van der Waals surface area contributed by atoms with E-state index in [2.05, 4.69) is 15.1 Å². The molecule has 0 radical (unpaired) electrons. The molecule has 1 aromatic carbocycles. The third-order valence-corrected chi connectivity index (χ3v) is 4.64. The van der Waals surface area contributed by atoms with Crippen molar-refractivity contribution < 1.29 is 9.90 Å². The van der Waals surface area contributed by atoms with Crippen LogP contribution in [0, 0.1) is 19.8 Å². The molecule has 5 heteroatoms. The van der Waals surface area contributed by atoms with Crippen LogP contribution in [0.25, 0.3) is 11.3 Å². The number of aromatic nitrogens is 2. The van der Waals surface area contributed by atoms with Crippen LogP contribution in [0.1, 0.15) is 34.5 Å². The molecule has 1 fully saturated rings. The summed E-state index contributed by atoms with van der Waals surface area (Å²) in [7, 11) is 2.04. The number of piperidine rings is 1. The highest BCUT2D eigenvalue weighted by molar-refractivity contribution is 5.96. The predicted molar refractivity (Wildman–Crippen MR) is 93.2 cm³/mol. The second-order valence-electron chi connectivity index (χ2n) is 6.75. The van der Waals surface area contributed by atoms with Crippen molar-refractivity contribution in [2.45, 2.75) is 26.7 Å². The first-order chi connectivity index (χ1) is 11.5. The fourth-order valence-electron chi connectivity index (χ4n) is 3.30. The molecule has 24 heavy (non-hydrogen) atoms. The van der Waals surface area contributed by atoms with Crippen LogP contribution in [0.3, 0.4) is 0 Å². The minimum absolute atomic E-state index is 0.00363. The van der Waals surface area contributed by atoms with Gasteiger partial charge in [-0.25, -0.2) is 0 Å². The third kappa shape index (κ3) is 3.31. The van der Waals surface area contributed by atoms with Crippen LogP contribution in [-0.4, -0.2) is 46.1 Å². The average Bonchev–Trinajstić information content (AvgIpc) is 2.55.